The summed E-state index contributed by atoms with van der Waals surface area (Å²) < 4.78 is 4.93. The predicted molar refractivity (Wildman–Crippen MR) is 85.9 cm³/mol. The molecule has 0 aromatic heterocycles. The molecule has 7 nitrogen and oxygen atoms in total. The summed E-state index contributed by atoms with van der Waals surface area (Å²) in [5, 5.41) is 13.7. The van der Waals surface area contributed by atoms with Gasteiger partial charge in [-0.1, -0.05) is 0 Å². The smallest absolute Gasteiger partial charge is 0.224 e. The number of methoxy groups -OCH3 is 1. The van der Waals surface area contributed by atoms with Crippen molar-refractivity contribution in [1.82, 2.24) is 15.1 Å². The zero-order valence-corrected chi connectivity index (χ0v) is 14.2. The number of amides is 2. The molecule has 2 amide bonds. The van der Waals surface area contributed by atoms with Crippen molar-refractivity contribution in [2.24, 2.45) is 0 Å². The Morgan fingerprint density at radius 1 is 1.30 bits per heavy atom. The molecule has 1 atom stereocenters. The standard InChI is InChI=1S/C16H29N3O4/c1-13(20)17-14-3-7-18(8-4-14)11-16(22)6-9-19(12-16)15(21)5-10-23-2/h14,22H,3-12H2,1-2H3,(H,17,20)/t16-/m1/s1. The molecule has 23 heavy (non-hydrogen) atoms. The summed E-state index contributed by atoms with van der Waals surface area (Å²) in [6, 6.07) is 0.245. The highest BCUT2D eigenvalue weighted by Gasteiger charge is 2.39. The number of ether oxygens (including phenoxy) is 1. The van der Waals surface area contributed by atoms with E-state index in [1.54, 1.807) is 18.9 Å². The maximum Gasteiger partial charge on any atom is 0.224 e. The molecule has 2 rings (SSSR count). The van der Waals surface area contributed by atoms with Gasteiger partial charge in [-0.3, -0.25) is 9.59 Å². The van der Waals surface area contributed by atoms with Crippen molar-refractivity contribution in [2.75, 3.05) is 46.4 Å². The van der Waals surface area contributed by atoms with E-state index in [2.05, 4.69) is 10.2 Å². The first kappa shape index (κ1) is 18.2. The molecule has 7 heteroatoms. The van der Waals surface area contributed by atoms with E-state index in [1.165, 1.54) is 0 Å². The van der Waals surface area contributed by atoms with E-state index in [0.717, 1.165) is 25.9 Å². The molecular weight excluding hydrogens is 298 g/mol. The third-order valence-corrected chi connectivity index (χ3v) is 4.72. The van der Waals surface area contributed by atoms with Crippen LogP contribution < -0.4 is 5.32 Å². The van der Waals surface area contributed by atoms with Gasteiger partial charge in [-0.15, -0.1) is 0 Å². The molecule has 0 bridgehead atoms. The van der Waals surface area contributed by atoms with Crippen molar-refractivity contribution in [3.63, 3.8) is 0 Å². The highest BCUT2D eigenvalue weighted by molar-refractivity contribution is 5.76. The van der Waals surface area contributed by atoms with Crippen LogP contribution in [0.2, 0.25) is 0 Å². The van der Waals surface area contributed by atoms with E-state index in [1.807, 2.05) is 0 Å². The highest BCUT2D eigenvalue weighted by atomic mass is 16.5. The van der Waals surface area contributed by atoms with E-state index in [9.17, 15) is 14.7 Å². The molecule has 2 fully saturated rings. The van der Waals surface area contributed by atoms with Crippen LogP contribution in [0.3, 0.4) is 0 Å². The Morgan fingerprint density at radius 2 is 2.00 bits per heavy atom. The summed E-state index contributed by atoms with van der Waals surface area (Å²) in [5.41, 5.74) is -0.816. The van der Waals surface area contributed by atoms with Gasteiger partial charge in [0.15, 0.2) is 0 Å². The van der Waals surface area contributed by atoms with Crippen LogP contribution in [0.5, 0.6) is 0 Å². The van der Waals surface area contributed by atoms with E-state index < -0.39 is 5.60 Å². The van der Waals surface area contributed by atoms with Crippen LogP contribution in [0.1, 0.15) is 32.6 Å². The number of carbonyl (C=O) groups is 2. The average Bonchev–Trinajstić information content (AvgIpc) is 2.88. The van der Waals surface area contributed by atoms with Crippen LogP contribution in [0.15, 0.2) is 0 Å². The second-order valence-electron chi connectivity index (χ2n) is 6.78. The monoisotopic (exact) mass is 327 g/mol. The number of β-amino-alcohol motifs (C(OH)–C–C–N with tert-alkyl or cyclic N) is 1. The van der Waals surface area contributed by atoms with Gasteiger partial charge < -0.3 is 25.0 Å². The first-order chi connectivity index (χ1) is 10.9. The Bertz CT molecular complexity index is 424. The van der Waals surface area contributed by atoms with Gasteiger partial charge >= 0.3 is 0 Å². The lowest BCUT2D eigenvalue weighted by Gasteiger charge is -2.36. The molecule has 2 N–H and O–H groups in total. The fourth-order valence-electron chi connectivity index (χ4n) is 3.48. The summed E-state index contributed by atoms with van der Waals surface area (Å²) in [4.78, 5) is 27.1. The molecule has 2 aliphatic rings. The number of aliphatic hydroxyl groups is 1. The van der Waals surface area contributed by atoms with Gasteiger partial charge in [0.05, 0.1) is 25.2 Å². The van der Waals surface area contributed by atoms with E-state index in [4.69, 9.17) is 4.74 Å². The van der Waals surface area contributed by atoms with Crippen molar-refractivity contribution in [3.8, 4) is 0 Å². The van der Waals surface area contributed by atoms with Gasteiger partial charge in [0, 0.05) is 46.3 Å². The molecule has 132 valence electrons. The number of likely N-dealkylation sites (tertiary alicyclic amines) is 2. The van der Waals surface area contributed by atoms with E-state index in [0.29, 0.717) is 39.1 Å². The van der Waals surface area contributed by atoms with Gasteiger partial charge in [-0.2, -0.15) is 0 Å². The third kappa shape index (κ3) is 5.44. The summed E-state index contributed by atoms with van der Waals surface area (Å²) in [6.45, 7) is 5.30. The molecule has 2 saturated heterocycles. The van der Waals surface area contributed by atoms with Gasteiger partial charge in [0.2, 0.25) is 11.8 Å². The van der Waals surface area contributed by atoms with Gasteiger partial charge in [0.25, 0.3) is 0 Å². The van der Waals surface area contributed by atoms with Crippen LogP contribution in [0.4, 0.5) is 0 Å². The van der Waals surface area contributed by atoms with Gasteiger partial charge in [0.1, 0.15) is 0 Å². The largest absolute Gasteiger partial charge is 0.387 e. The summed E-state index contributed by atoms with van der Waals surface area (Å²) in [6.07, 6.45) is 2.81. The lowest BCUT2D eigenvalue weighted by molar-refractivity contribution is -0.132. The average molecular weight is 327 g/mol. The minimum Gasteiger partial charge on any atom is -0.387 e. The molecule has 0 saturated carbocycles. The molecule has 0 aromatic rings. The second-order valence-corrected chi connectivity index (χ2v) is 6.78. The molecule has 0 spiro atoms. The SMILES string of the molecule is COCCC(=O)N1CC[C@@](O)(CN2CCC(NC(C)=O)CC2)C1. The number of carbonyl (C=O) groups excluding carboxylic acids is 2. The number of hydrogen-bond acceptors (Lipinski definition) is 5. The molecule has 0 aromatic carbocycles. The maximum absolute atomic E-state index is 12.0. The summed E-state index contributed by atoms with van der Waals surface area (Å²) in [7, 11) is 1.58. The molecular formula is C16H29N3O4. The number of nitrogens with zero attached hydrogens (tertiary/aromatic N) is 2. The Hall–Kier alpha value is -1.18. The van der Waals surface area contributed by atoms with E-state index >= 15 is 0 Å². The predicted octanol–water partition coefficient (Wildman–Crippen LogP) is -0.413. The normalized spacial score (nSPS) is 26.5. The minimum atomic E-state index is -0.816. The van der Waals surface area contributed by atoms with Crippen LogP contribution in [-0.4, -0.2) is 84.8 Å². The number of piperidine rings is 1. The van der Waals surface area contributed by atoms with Crippen molar-refractivity contribution in [2.45, 2.75) is 44.2 Å². The van der Waals surface area contributed by atoms with Crippen LogP contribution in [0, 0.1) is 0 Å². The molecule has 2 aliphatic heterocycles. The number of nitrogens with one attached hydrogen (secondary N) is 1. The topological polar surface area (TPSA) is 82.1 Å². The second kappa shape index (κ2) is 8.08. The number of hydrogen-bond donors (Lipinski definition) is 2. The third-order valence-electron chi connectivity index (χ3n) is 4.72. The fourth-order valence-corrected chi connectivity index (χ4v) is 3.48. The van der Waals surface area contributed by atoms with Crippen molar-refractivity contribution in [1.29, 1.82) is 0 Å². The minimum absolute atomic E-state index is 0.0167. The first-order valence-electron chi connectivity index (χ1n) is 8.40. The van der Waals surface area contributed by atoms with E-state index in [-0.39, 0.29) is 17.9 Å². The summed E-state index contributed by atoms with van der Waals surface area (Å²) in [5.74, 6) is 0.0650. The Balaban J connectivity index is 1.75. The molecule has 0 unspecified atom stereocenters. The molecule has 0 radical (unpaired) electrons. The Labute approximate surface area is 138 Å². The first-order valence-corrected chi connectivity index (χ1v) is 8.40. The van der Waals surface area contributed by atoms with Crippen LogP contribution in [-0.2, 0) is 14.3 Å². The van der Waals surface area contributed by atoms with Gasteiger partial charge in [-0.05, 0) is 19.3 Å². The van der Waals surface area contributed by atoms with Crippen molar-refractivity contribution >= 4 is 11.8 Å². The Morgan fingerprint density at radius 3 is 2.61 bits per heavy atom. The van der Waals surface area contributed by atoms with Crippen molar-refractivity contribution < 1.29 is 19.4 Å². The quantitative estimate of drug-likeness (QED) is 0.693. The maximum atomic E-state index is 12.0. The van der Waals surface area contributed by atoms with Crippen LogP contribution >= 0.6 is 0 Å². The Kier molecular flexibility index (Phi) is 6.38. The lowest BCUT2D eigenvalue weighted by Crippen LogP contribution is -2.50. The molecule has 2 heterocycles. The van der Waals surface area contributed by atoms with Crippen molar-refractivity contribution in [3.05, 3.63) is 0 Å². The summed E-state index contributed by atoms with van der Waals surface area (Å²) >= 11 is 0. The molecule has 0 aliphatic carbocycles. The zero-order chi connectivity index (χ0) is 16.9. The highest BCUT2D eigenvalue weighted by Crippen LogP contribution is 2.24. The lowest BCUT2D eigenvalue weighted by atomic mass is 9.99. The van der Waals surface area contributed by atoms with Crippen LogP contribution in [0.25, 0.3) is 0 Å². The number of rotatable bonds is 6. The van der Waals surface area contributed by atoms with Gasteiger partial charge in [-0.25, -0.2) is 0 Å². The zero-order valence-electron chi connectivity index (χ0n) is 14.2. The fraction of sp³-hybridized carbons (Fsp3) is 0.875.